The van der Waals surface area contributed by atoms with Gasteiger partial charge in [-0.25, -0.2) is 8.42 Å². The normalized spacial score (nSPS) is 16.9. The molecule has 0 unspecified atom stereocenters. The molecule has 38 heavy (non-hydrogen) atoms. The van der Waals surface area contributed by atoms with Crippen molar-refractivity contribution in [3.05, 3.63) is 89.5 Å². The molecule has 5 rings (SSSR count). The van der Waals surface area contributed by atoms with E-state index in [2.05, 4.69) is 26.7 Å². The predicted molar refractivity (Wildman–Crippen MR) is 152 cm³/mol. The molecule has 2 fully saturated rings. The van der Waals surface area contributed by atoms with Crippen LogP contribution in [0.1, 0.15) is 40.7 Å². The van der Waals surface area contributed by atoms with Crippen molar-refractivity contribution < 1.29 is 13.2 Å². The van der Waals surface area contributed by atoms with Crippen LogP contribution < -0.4 is 9.62 Å². The molecule has 8 heteroatoms. The van der Waals surface area contributed by atoms with E-state index < -0.39 is 10.0 Å². The Bertz CT molecular complexity index is 1350. The summed E-state index contributed by atoms with van der Waals surface area (Å²) in [5, 5.41) is 0. The minimum atomic E-state index is -3.80. The van der Waals surface area contributed by atoms with Crippen LogP contribution in [0.3, 0.4) is 0 Å². The fraction of sp³-hybridized carbons (Fsp3) is 0.367. The summed E-state index contributed by atoms with van der Waals surface area (Å²) < 4.78 is 29.4. The number of nitrogens with one attached hydrogen (secondary N) is 1. The molecule has 2 aliphatic heterocycles. The summed E-state index contributed by atoms with van der Waals surface area (Å²) in [5.41, 5.74) is 4.05. The van der Waals surface area contributed by atoms with Crippen LogP contribution in [0.4, 0.5) is 11.4 Å². The quantitative estimate of drug-likeness (QED) is 0.476. The molecule has 200 valence electrons. The lowest BCUT2D eigenvalue weighted by Gasteiger charge is -2.35. The summed E-state index contributed by atoms with van der Waals surface area (Å²) in [4.78, 5) is 20.1. The molecule has 2 aliphatic rings. The van der Waals surface area contributed by atoms with E-state index in [0.717, 1.165) is 56.8 Å². The Morgan fingerprint density at radius 3 is 2.18 bits per heavy atom. The SMILES string of the molecule is Cc1ccc(S(=O)(=O)Nc2cc(C(=O)N3CCN(Cc4ccccc4)CC3)ccc2N2CCCCC2)cc1. The van der Waals surface area contributed by atoms with E-state index in [4.69, 9.17) is 0 Å². The van der Waals surface area contributed by atoms with E-state index in [1.165, 1.54) is 12.0 Å². The fourth-order valence-electron chi connectivity index (χ4n) is 5.22. The Labute approximate surface area is 226 Å². The van der Waals surface area contributed by atoms with Gasteiger partial charge in [-0.05, 0) is 62.1 Å². The van der Waals surface area contributed by atoms with E-state index in [-0.39, 0.29) is 10.8 Å². The third-order valence-electron chi connectivity index (χ3n) is 7.42. The van der Waals surface area contributed by atoms with Gasteiger partial charge in [-0.3, -0.25) is 14.4 Å². The van der Waals surface area contributed by atoms with Gasteiger partial charge in [-0.15, -0.1) is 0 Å². The lowest BCUT2D eigenvalue weighted by Crippen LogP contribution is -2.48. The predicted octanol–water partition coefficient (Wildman–Crippen LogP) is 4.74. The minimum absolute atomic E-state index is 0.0645. The molecular weight excluding hydrogens is 496 g/mol. The maximum absolute atomic E-state index is 13.5. The van der Waals surface area contributed by atoms with Crippen molar-refractivity contribution in [3.8, 4) is 0 Å². The highest BCUT2D eigenvalue weighted by atomic mass is 32.2. The molecule has 3 aromatic rings. The van der Waals surface area contributed by atoms with Crippen LogP contribution in [-0.2, 0) is 16.6 Å². The van der Waals surface area contributed by atoms with Gasteiger partial charge in [-0.2, -0.15) is 0 Å². The molecule has 1 amide bonds. The number of rotatable bonds is 7. The number of carbonyl (C=O) groups excluding carboxylic acids is 1. The second-order valence-corrected chi connectivity index (χ2v) is 11.9. The number of anilines is 2. The lowest BCUT2D eigenvalue weighted by molar-refractivity contribution is 0.0628. The van der Waals surface area contributed by atoms with Gasteiger partial charge in [0.25, 0.3) is 15.9 Å². The highest BCUT2D eigenvalue weighted by molar-refractivity contribution is 7.92. The molecule has 0 spiro atoms. The summed E-state index contributed by atoms with van der Waals surface area (Å²) >= 11 is 0. The Balaban J connectivity index is 1.34. The van der Waals surface area contributed by atoms with Crippen molar-refractivity contribution in [2.75, 3.05) is 48.9 Å². The van der Waals surface area contributed by atoms with E-state index in [0.29, 0.717) is 24.3 Å². The van der Waals surface area contributed by atoms with Crippen LogP contribution in [0, 0.1) is 6.92 Å². The molecular formula is C30H36N4O3S. The van der Waals surface area contributed by atoms with E-state index in [9.17, 15) is 13.2 Å². The number of nitrogens with zero attached hydrogens (tertiary/aromatic N) is 3. The number of aryl methyl sites for hydroxylation is 1. The van der Waals surface area contributed by atoms with Crippen molar-refractivity contribution >= 4 is 27.3 Å². The first-order valence-electron chi connectivity index (χ1n) is 13.4. The van der Waals surface area contributed by atoms with Crippen LogP contribution in [-0.4, -0.2) is 63.4 Å². The smallest absolute Gasteiger partial charge is 0.261 e. The van der Waals surface area contributed by atoms with Crippen LogP contribution in [0.5, 0.6) is 0 Å². The molecule has 0 atom stereocenters. The standard InChI is InChI=1S/C30H36N4O3S/c1-24-10-13-27(14-11-24)38(36,37)31-28-22-26(12-15-29(28)33-16-6-3-7-17-33)30(35)34-20-18-32(19-21-34)23-25-8-4-2-5-9-25/h2,4-5,8-15,22,31H,3,6-7,16-21,23H2,1H3. The van der Waals surface area contributed by atoms with Crippen molar-refractivity contribution in [2.24, 2.45) is 0 Å². The highest BCUT2D eigenvalue weighted by Gasteiger charge is 2.25. The number of amides is 1. The average Bonchev–Trinajstić information content (AvgIpc) is 2.94. The Hall–Kier alpha value is -3.36. The van der Waals surface area contributed by atoms with Crippen molar-refractivity contribution in [1.29, 1.82) is 0 Å². The summed E-state index contributed by atoms with van der Waals surface area (Å²) in [7, 11) is -3.80. The molecule has 7 nitrogen and oxygen atoms in total. The molecule has 2 heterocycles. The number of benzene rings is 3. The molecule has 0 aliphatic carbocycles. The number of hydrogen-bond acceptors (Lipinski definition) is 5. The van der Waals surface area contributed by atoms with Crippen molar-refractivity contribution in [3.63, 3.8) is 0 Å². The molecule has 2 saturated heterocycles. The second kappa shape index (κ2) is 11.6. The molecule has 0 saturated carbocycles. The van der Waals surface area contributed by atoms with Crippen LogP contribution in [0.2, 0.25) is 0 Å². The van der Waals surface area contributed by atoms with Crippen LogP contribution in [0.25, 0.3) is 0 Å². The molecule has 0 aromatic heterocycles. The van der Waals surface area contributed by atoms with Crippen molar-refractivity contribution in [1.82, 2.24) is 9.80 Å². The maximum atomic E-state index is 13.5. The molecule has 0 bridgehead atoms. The first kappa shape index (κ1) is 26.3. The zero-order chi connectivity index (χ0) is 26.5. The van der Waals surface area contributed by atoms with Gasteiger partial charge in [0, 0.05) is 51.4 Å². The Morgan fingerprint density at radius 1 is 0.816 bits per heavy atom. The lowest BCUT2D eigenvalue weighted by atomic mass is 10.1. The number of piperazine rings is 1. The number of piperidine rings is 1. The van der Waals surface area contributed by atoms with E-state index >= 15 is 0 Å². The Morgan fingerprint density at radius 2 is 1.50 bits per heavy atom. The van der Waals surface area contributed by atoms with Crippen molar-refractivity contribution in [2.45, 2.75) is 37.6 Å². The van der Waals surface area contributed by atoms with E-state index in [1.54, 1.807) is 30.3 Å². The van der Waals surface area contributed by atoms with Gasteiger partial charge in [0.15, 0.2) is 0 Å². The third-order valence-corrected chi connectivity index (χ3v) is 8.81. The van der Waals surface area contributed by atoms with E-state index in [1.807, 2.05) is 42.2 Å². The van der Waals surface area contributed by atoms with Gasteiger partial charge in [0.2, 0.25) is 0 Å². The average molecular weight is 533 g/mol. The Kier molecular flexibility index (Phi) is 8.00. The highest BCUT2D eigenvalue weighted by Crippen LogP contribution is 2.32. The summed E-state index contributed by atoms with van der Waals surface area (Å²) in [6.07, 6.45) is 3.31. The second-order valence-electron chi connectivity index (χ2n) is 10.3. The minimum Gasteiger partial charge on any atom is -0.370 e. The first-order chi connectivity index (χ1) is 18.4. The van der Waals surface area contributed by atoms with Gasteiger partial charge < -0.3 is 9.80 Å². The number of sulfonamides is 1. The summed E-state index contributed by atoms with van der Waals surface area (Å²) in [6.45, 7) is 7.44. The van der Waals surface area contributed by atoms with Crippen LogP contribution in [0.15, 0.2) is 77.7 Å². The zero-order valence-electron chi connectivity index (χ0n) is 22.0. The van der Waals surface area contributed by atoms with Gasteiger partial charge >= 0.3 is 0 Å². The van der Waals surface area contributed by atoms with Crippen LogP contribution >= 0.6 is 0 Å². The molecule has 1 N–H and O–H groups in total. The first-order valence-corrected chi connectivity index (χ1v) is 14.9. The van der Waals surface area contributed by atoms with Gasteiger partial charge in [-0.1, -0.05) is 48.0 Å². The zero-order valence-corrected chi connectivity index (χ0v) is 22.8. The molecule has 0 radical (unpaired) electrons. The monoisotopic (exact) mass is 532 g/mol. The molecule has 3 aromatic carbocycles. The largest absolute Gasteiger partial charge is 0.370 e. The number of hydrogen-bond donors (Lipinski definition) is 1. The third kappa shape index (κ3) is 6.19. The summed E-state index contributed by atoms with van der Waals surface area (Å²) in [5.74, 6) is -0.0645. The van der Waals surface area contributed by atoms with Gasteiger partial charge in [0.1, 0.15) is 0 Å². The number of carbonyl (C=O) groups is 1. The fourth-order valence-corrected chi connectivity index (χ4v) is 6.28. The summed E-state index contributed by atoms with van der Waals surface area (Å²) in [6, 6.07) is 22.6. The van der Waals surface area contributed by atoms with Gasteiger partial charge in [0.05, 0.1) is 16.3 Å². The topological polar surface area (TPSA) is 73.0 Å². The maximum Gasteiger partial charge on any atom is 0.261 e.